The minimum absolute atomic E-state index is 0.0592. The fourth-order valence-corrected chi connectivity index (χ4v) is 2.18. The zero-order valence-corrected chi connectivity index (χ0v) is 11.4. The fourth-order valence-electron chi connectivity index (χ4n) is 0.928. The van der Waals surface area contributed by atoms with Crippen molar-refractivity contribution in [2.24, 2.45) is 0 Å². The van der Waals surface area contributed by atoms with Crippen LogP contribution in [0.1, 0.15) is 17.3 Å². The third-order valence-electron chi connectivity index (χ3n) is 1.59. The fraction of sp³-hybridized carbons (Fsp3) is 0.222. The molecule has 0 aliphatic carbocycles. The van der Waals surface area contributed by atoms with Gasteiger partial charge in [-0.2, -0.15) is 0 Å². The molecule has 0 aliphatic heterocycles. The van der Waals surface area contributed by atoms with E-state index < -0.39 is 0 Å². The van der Waals surface area contributed by atoms with Crippen LogP contribution in [0.4, 0.5) is 0 Å². The number of hydrogen-bond acceptors (Lipinski definition) is 1. The Labute approximate surface area is 104 Å². The minimum Gasteiger partial charge on any atom is -0.298 e. The predicted molar refractivity (Wildman–Crippen MR) is 66.5 cm³/mol. The summed E-state index contributed by atoms with van der Waals surface area (Å²) in [5.74, 6) is 0.0592. The zero-order chi connectivity index (χ0) is 10.0. The number of carbonyl (C=O) groups excluding carboxylic acids is 1. The summed E-state index contributed by atoms with van der Waals surface area (Å²) in [4.78, 5) is 10.8. The Morgan fingerprint density at radius 2 is 2.23 bits per heavy atom. The monoisotopic (exact) mass is 372 g/mol. The van der Waals surface area contributed by atoms with E-state index in [-0.39, 0.29) is 10.6 Å². The molecule has 1 rings (SSSR count). The summed E-state index contributed by atoms with van der Waals surface area (Å²) in [6, 6.07) is 5.62. The SMILES string of the molecule is CC(=O)C(Br)c1cc(I)ccc1Cl. The van der Waals surface area contributed by atoms with E-state index >= 15 is 0 Å². The second-order valence-electron chi connectivity index (χ2n) is 2.64. The first-order valence-electron chi connectivity index (χ1n) is 3.62. The first kappa shape index (κ1) is 11.5. The number of benzene rings is 1. The van der Waals surface area contributed by atoms with Gasteiger partial charge in [0.05, 0.1) is 4.83 Å². The van der Waals surface area contributed by atoms with Crippen molar-refractivity contribution in [2.45, 2.75) is 11.8 Å². The maximum absolute atomic E-state index is 11.1. The summed E-state index contributed by atoms with van der Waals surface area (Å²) >= 11 is 11.4. The van der Waals surface area contributed by atoms with Crippen molar-refractivity contribution in [1.82, 2.24) is 0 Å². The van der Waals surface area contributed by atoms with Crippen LogP contribution in [0.3, 0.4) is 0 Å². The summed E-state index contributed by atoms with van der Waals surface area (Å²) < 4.78 is 1.07. The summed E-state index contributed by atoms with van der Waals surface area (Å²) in [6.45, 7) is 1.54. The highest BCUT2D eigenvalue weighted by molar-refractivity contribution is 14.1. The lowest BCUT2D eigenvalue weighted by atomic mass is 10.1. The molecule has 0 amide bonds. The zero-order valence-electron chi connectivity index (χ0n) is 6.85. The molecule has 0 radical (unpaired) electrons. The Balaban J connectivity index is 3.12. The predicted octanol–water partition coefficient (Wildman–Crippen LogP) is 3.97. The van der Waals surface area contributed by atoms with E-state index in [2.05, 4.69) is 38.5 Å². The van der Waals surface area contributed by atoms with Crippen molar-refractivity contribution in [3.8, 4) is 0 Å². The van der Waals surface area contributed by atoms with Crippen LogP contribution < -0.4 is 0 Å². The van der Waals surface area contributed by atoms with Gasteiger partial charge in [0, 0.05) is 8.59 Å². The van der Waals surface area contributed by atoms with Crippen molar-refractivity contribution in [3.63, 3.8) is 0 Å². The van der Waals surface area contributed by atoms with E-state index in [1.807, 2.05) is 12.1 Å². The Hall–Kier alpha value is 0.390. The summed E-state index contributed by atoms with van der Waals surface area (Å²) in [5.41, 5.74) is 0.834. The van der Waals surface area contributed by atoms with Crippen LogP contribution in [0.25, 0.3) is 0 Å². The molecule has 4 heteroatoms. The Bertz CT molecular complexity index is 340. The molecule has 1 aromatic carbocycles. The first-order chi connectivity index (χ1) is 6.02. The van der Waals surface area contributed by atoms with Crippen LogP contribution >= 0.6 is 50.1 Å². The number of alkyl halides is 1. The number of ketones is 1. The Kier molecular flexibility index (Phi) is 4.19. The lowest BCUT2D eigenvalue weighted by Crippen LogP contribution is -2.01. The van der Waals surface area contributed by atoms with Crippen molar-refractivity contribution in [1.29, 1.82) is 0 Å². The molecule has 0 aliphatic rings. The highest BCUT2D eigenvalue weighted by Gasteiger charge is 2.15. The lowest BCUT2D eigenvalue weighted by molar-refractivity contribution is -0.116. The second-order valence-corrected chi connectivity index (χ2v) is 5.21. The molecule has 1 atom stereocenters. The van der Waals surface area contributed by atoms with Crippen molar-refractivity contribution < 1.29 is 4.79 Å². The molecule has 0 heterocycles. The van der Waals surface area contributed by atoms with Crippen LogP contribution in [0.2, 0.25) is 5.02 Å². The third kappa shape index (κ3) is 2.92. The molecular formula is C9H7BrClIO. The highest BCUT2D eigenvalue weighted by Crippen LogP contribution is 2.31. The molecule has 13 heavy (non-hydrogen) atoms. The van der Waals surface area contributed by atoms with Gasteiger partial charge in [0.15, 0.2) is 0 Å². The van der Waals surface area contributed by atoms with Gasteiger partial charge in [-0.15, -0.1) is 0 Å². The largest absolute Gasteiger partial charge is 0.298 e. The van der Waals surface area contributed by atoms with E-state index in [0.717, 1.165) is 9.13 Å². The van der Waals surface area contributed by atoms with Gasteiger partial charge < -0.3 is 0 Å². The van der Waals surface area contributed by atoms with Crippen LogP contribution in [0.15, 0.2) is 18.2 Å². The molecule has 0 bridgehead atoms. The van der Waals surface area contributed by atoms with E-state index in [1.54, 1.807) is 6.07 Å². The maximum Gasteiger partial charge on any atom is 0.147 e. The van der Waals surface area contributed by atoms with Crippen LogP contribution in [-0.2, 0) is 4.79 Å². The molecule has 0 N–H and O–H groups in total. The molecule has 0 spiro atoms. The molecule has 0 saturated heterocycles. The number of rotatable bonds is 2. The normalized spacial score (nSPS) is 12.6. The highest BCUT2D eigenvalue weighted by atomic mass is 127. The summed E-state index contributed by atoms with van der Waals surface area (Å²) in [7, 11) is 0. The van der Waals surface area contributed by atoms with Crippen LogP contribution in [0.5, 0.6) is 0 Å². The van der Waals surface area contributed by atoms with Crippen molar-refractivity contribution in [2.75, 3.05) is 0 Å². The lowest BCUT2D eigenvalue weighted by Gasteiger charge is -2.08. The standard InChI is InChI=1S/C9H7BrClIO/c1-5(13)9(10)7-4-6(12)2-3-8(7)11/h2-4,9H,1H3. The molecule has 70 valence electrons. The molecule has 1 nitrogen and oxygen atoms in total. The van der Waals surface area contributed by atoms with Gasteiger partial charge in [-0.05, 0) is 53.3 Å². The quantitative estimate of drug-likeness (QED) is 0.566. The van der Waals surface area contributed by atoms with Gasteiger partial charge in [0.25, 0.3) is 0 Å². The molecule has 0 saturated carbocycles. The first-order valence-corrected chi connectivity index (χ1v) is 5.99. The molecule has 0 aromatic heterocycles. The van der Waals surface area contributed by atoms with E-state index in [1.165, 1.54) is 6.92 Å². The van der Waals surface area contributed by atoms with Gasteiger partial charge in [-0.3, -0.25) is 4.79 Å². The number of halogens is 3. The molecule has 1 unspecified atom stereocenters. The molecule has 1 aromatic rings. The Morgan fingerprint density at radius 3 is 2.77 bits per heavy atom. The second kappa shape index (κ2) is 4.75. The minimum atomic E-state index is -0.297. The number of Topliss-reactive ketones (excluding diaryl/α,β-unsaturated/α-hetero) is 1. The number of hydrogen-bond donors (Lipinski definition) is 0. The average Bonchev–Trinajstić information content (AvgIpc) is 2.08. The van der Waals surface area contributed by atoms with E-state index in [4.69, 9.17) is 11.6 Å². The van der Waals surface area contributed by atoms with Gasteiger partial charge >= 0.3 is 0 Å². The topological polar surface area (TPSA) is 17.1 Å². The third-order valence-corrected chi connectivity index (χ3v) is 3.74. The summed E-state index contributed by atoms with van der Waals surface area (Å²) in [5, 5.41) is 0.623. The maximum atomic E-state index is 11.1. The van der Waals surface area contributed by atoms with Crippen molar-refractivity contribution in [3.05, 3.63) is 32.4 Å². The van der Waals surface area contributed by atoms with Gasteiger partial charge in [0.1, 0.15) is 5.78 Å². The van der Waals surface area contributed by atoms with Crippen LogP contribution in [0, 0.1) is 3.57 Å². The van der Waals surface area contributed by atoms with Gasteiger partial charge in [-0.25, -0.2) is 0 Å². The van der Waals surface area contributed by atoms with Gasteiger partial charge in [-0.1, -0.05) is 27.5 Å². The Morgan fingerprint density at radius 1 is 1.62 bits per heavy atom. The smallest absolute Gasteiger partial charge is 0.147 e. The average molecular weight is 373 g/mol. The van der Waals surface area contributed by atoms with E-state index in [0.29, 0.717) is 5.02 Å². The molecule has 0 fully saturated rings. The van der Waals surface area contributed by atoms with Gasteiger partial charge in [0.2, 0.25) is 0 Å². The summed E-state index contributed by atoms with van der Waals surface area (Å²) in [6.07, 6.45) is 0. The van der Waals surface area contributed by atoms with Crippen molar-refractivity contribution >= 4 is 55.9 Å². The number of carbonyl (C=O) groups is 1. The molecular weight excluding hydrogens is 366 g/mol. The van der Waals surface area contributed by atoms with E-state index in [9.17, 15) is 4.79 Å². The van der Waals surface area contributed by atoms with Crippen LogP contribution in [-0.4, -0.2) is 5.78 Å².